The summed E-state index contributed by atoms with van der Waals surface area (Å²) in [7, 11) is 0. The Kier molecular flexibility index (Phi) is 4.69. The van der Waals surface area contributed by atoms with Crippen LogP contribution < -0.4 is 0 Å². The Morgan fingerprint density at radius 3 is 2.79 bits per heavy atom. The van der Waals surface area contributed by atoms with E-state index in [1.54, 1.807) is 0 Å². The van der Waals surface area contributed by atoms with Crippen LogP contribution in [0.4, 0.5) is 8.78 Å². The molecule has 0 saturated heterocycles. The standard InChI is InChI=1S/C10H11ClF2S/c1-7(5-11)6-14-10-4-8(12)2-3-9(10)13/h2-4,7H,5-6H2,1H3. The highest BCUT2D eigenvalue weighted by atomic mass is 35.5. The van der Waals surface area contributed by atoms with Crippen molar-refractivity contribution in [3.8, 4) is 0 Å². The average Bonchev–Trinajstić information content (AvgIpc) is 2.19. The zero-order valence-corrected chi connectivity index (χ0v) is 9.34. The van der Waals surface area contributed by atoms with E-state index in [1.165, 1.54) is 17.8 Å². The van der Waals surface area contributed by atoms with E-state index < -0.39 is 5.82 Å². The summed E-state index contributed by atoms with van der Waals surface area (Å²) in [5.41, 5.74) is 0. The van der Waals surface area contributed by atoms with Gasteiger partial charge in [0.15, 0.2) is 0 Å². The smallest absolute Gasteiger partial charge is 0.136 e. The maximum absolute atomic E-state index is 13.1. The second-order valence-electron chi connectivity index (χ2n) is 3.15. The second-order valence-corrected chi connectivity index (χ2v) is 4.52. The molecular formula is C10H11ClF2S. The molecule has 0 N–H and O–H groups in total. The summed E-state index contributed by atoms with van der Waals surface area (Å²) in [5, 5.41) is 0. The lowest BCUT2D eigenvalue weighted by Gasteiger charge is -2.07. The van der Waals surface area contributed by atoms with Gasteiger partial charge in [-0.25, -0.2) is 8.78 Å². The molecule has 0 spiro atoms. The Bertz CT molecular complexity index is 304. The minimum absolute atomic E-state index is 0.296. The molecule has 0 fully saturated rings. The van der Waals surface area contributed by atoms with Crippen molar-refractivity contribution in [1.29, 1.82) is 0 Å². The fraction of sp³-hybridized carbons (Fsp3) is 0.400. The number of alkyl halides is 1. The first kappa shape index (κ1) is 11.8. The Morgan fingerprint density at radius 1 is 1.43 bits per heavy atom. The zero-order chi connectivity index (χ0) is 10.6. The molecule has 1 rings (SSSR count). The highest BCUT2D eigenvalue weighted by molar-refractivity contribution is 7.99. The van der Waals surface area contributed by atoms with E-state index in [9.17, 15) is 8.78 Å². The Balaban J connectivity index is 2.62. The molecule has 0 aliphatic carbocycles. The number of halogens is 3. The van der Waals surface area contributed by atoms with E-state index in [1.807, 2.05) is 6.92 Å². The summed E-state index contributed by atoms with van der Waals surface area (Å²) >= 11 is 6.90. The van der Waals surface area contributed by atoms with Gasteiger partial charge in [0.2, 0.25) is 0 Å². The van der Waals surface area contributed by atoms with Gasteiger partial charge in [-0.3, -0.25) is 0 Å². The lowest BCUT2D eigenvalue weighted by molar-refractivity contribution is 0.576. The fourth-order valence-electron chi connectivity index (χ4n) is 0.864. The van der Waals surface area contributed by atoms with Crippen LogP contribution in [-0.4, -0.2) is 11.6 Å². The number of hydrogen-bond acceptors (Lipinski definition) is 1. The molecular weight excluding hydrogens is 226 g/mol. The number of benzene rings is 1. The molecule has 0 heterocycles. The molecule has 4 heteroatoms. The molecule has 1 unspecified atom stereocenters. The van der Waals surface area contributed by atoms with Crippen LogP contribution in [-0.2, 0) is 0 Å². The number of hydrogen-bond donors (Lipinski definition) is 0. The average molecular weight is 237 g/mol. The summed E-state index contributed by atoms with van der Waals surface area (Å²) in [6, 6.07) is 3.47. The van der Waals surface area contributed by atoms with Crippen molar-refractivity contribution in [2.75, 3.05) is 11.6 Å². The van der Waals surface area contributed by atoms with Gasteiger partial charge in [0.05, 0.1) is 0 Å². The zero-order valence-electron chi connectivity index (χ0n) is 7.77. The third-order valence-corrected chi connectivity index (χ3v) is 3.57. The van der Waals surface area contributed by atoms with Crippen molar-refractivity contribution >= 4 is 23.4 Å². The first-order valence-electron chi connectivity index (χ1n) is 4.27. The molecule has 1 atom stereocenters. The van der Waals surface area contributed by atoms with E-state index in [4.69, 9.17) is 11.6 Å². The van der Waals surface area contributed by atoms with E-state index in [0.717, 1.165) is 12.1 Å². The first-order chi connectivity index (χ1) is 6.63. The highest BCUT2D eigenvalue weighted by Crippen LogP contribution is 2.24. The van der Waals surface area contributed by atoms with Gasteiger partial charge in [0.25, 0.3) is 0 Å². The topological polar surface area (TPSA) is 0 Å². The van der Waals surface area contributed by atoms with Crippen LogP contribution in [0.1, 0.15) is 6.92 Å². The molecule has 0 aliphatic rings. The third-order valence-electron chi connectivity index (χ3n) is 1.68. The van der Waals surface area contributed by atoms with Crippen LogP contribution >= 0.6 is 23.4 Å². The van der Waals surface area contributed by atoms with Gasteiger partial charge in [0.1, 0.15) is 11.6 Å². The van der Waals surface area contributed by atoms with Gasteiger partial charge < -0.3 is 0 Å². The number of rotatable bonds is 4. The third kappa shape index (κ3) is 3.46. The minimum atomic E-state index is -0.410. The molecule has 1 aromatic carbocycles. The van der Waals surface area contributed by atoms with Crippen LogP contribution in [0.3, 0.4) is 0 Å². The lowest BCUT2D eigenvalue weighted by Crippen LogP contribution is -1.99. The molecule has 1 aromatic rings. The monoisotopic (exact) mass is 236 g/mol. The Labute approximate surface area is 91.6 Å². The second kappa shape index (κ2) is 5.56. The van der Waals surface area contributed by atoms with Crippen LogP contribution in [0.15, 0.2) is 23.1 Å². The summed E-state index contributed by atoms with van der Waals surface area (Å²) in [4.78, 5) is 0.349. The van der Waals surface area contributed by atoms with E-state index in [0.29, 0.717) is 22.4 Å². The molecule has 0 radical (unpaired) electrons. The maximum atomic E-state index is 13.1. The first-order valence-corrected chi connectivity index (χ1v) is 5.79. The van der Waals surface area contributed by atoms with Gasteiger partial charge in [-0.15, -0.1) is 23.4 Å². The predicted octanol–water partition coefficient (Wildman–Crippen LogP) is 3.93. The number of thioether (sulfide) groups is 1. The van der Waals surface area contributed by atoms with Crippen molar-refractivity contribution in [3.05, 3.63) is 29.8 Å². The Hall–Kier alpha value is -0.280. The van der Waals surface area contributed by atoms with Gasteiger partial charge in [-0.2, -0.15) is 0 Å². The van der Waals surface area contributed by atoms with Crippen LogP contribution in [0.5, 0.6) is 0 Å². The fourth-order valence-corrected chi connectivity index (χ4v) is 2.09. The van der Waals surface area contributed by atoms with E-state index in [-0.39, 0.29) is 5.82 Å². The van der Waals surface area contributed by atoms with Gasteiger partial charge in [-0.05, 0) is 24.1 Å². The predicted molar refractivity (Wildman–Crippen MR) is 57.0 cm³/mol. The van der Waals surface area contributed by atoms with Crippen molar-refractivity contribution in [3.63, 3.8) is 0 Å². The molecule has 0 aliphatic heterocycles. The summed E-state index contributed by atoms with van der Waals surface area (Å²) in [6.07, 6.45) is 0. The molecule has 0 bridgehead atoms. The molecule has 0 nitrogen and oxygen atoms in total. The molecule has 0 aromatic heterocycles. The van der Waals surface area contributed by atoms with Gasteiger partial charge in [-0.1, -0.05) is 6.92 Å². The van der Waals surface area contributed by atoms with Crippen LogP contribution in [0.2, 0.25) is 0 Å². The van der Waals surface area contributed by atoms with Gasteiger partial charge >= 0.3 is 0 Å². The molecule has 0 saturated carbocycles. The largest absolute Gasteiger partial charge is 0.207 e. The van der Waals surface area contributed by atoms with E-state index in [2.05, 4.69) is 0 Å². The summed E-state index contributed by atoms with van der Waals surface area (Å²) in [5.74, 6) is 0.739. The molecule has 14 heavy (non-hydrogen) atoms. The SMILES string of the molecule is CC(CCl)CSc1cc(F)ccc1F. The summed E-state index contributed by atoms with van der Waals surface area (Å²) < 4.78 is 25.9. The lowest BCUT2D eigenvalue weighted by atomic mass is 10.3. The van der Waals surface area contributed by atoms with Crippen LogP contribution in [0.25, 0.3) is 0 Å². The van der Waals surface area contributed by atoms with Gasteiger partial charge in [0, 0.05) is 16.5 Å². The quantitative estimate of drug-likeness (QED) is 0.564. The van der Waals surface area contributed by atoms with Crippen molar-refractivity contribution in [1.82, 2.24) is 0 Å². The molecule has 78 valence electrons. The summed E-state index contributed by atoms with van der Waals surface area (Å²) in [6.45, 7) is 1.97. The van der Waals surface area contributed by atoms with Crippen LogP contribution in [0, 0.1) is 17.6 Å². The highest BCUT2D eigenvalue weighted by Gasteiger charge is 2.06. The van der Waals surface area contributed by atoms with Crippen molar-refractivity contribution in [2.24, 2.45) is 5.92 Å². The van der Waals surface area contributed by atoms with E-state index >= 15 is 0 Å². The normalized spacial score (nSPS) is 12.9. The Morgan fingerprint density at radius 2 is 2.14 bits per heavy atom. The van der Waals surface area contributed by atoms with Crippen molar-refractivity contribution < 1.29 is 8.78 Å². The molecule has 0 amide bonds. The minimum Gasteiger partial charge on any atom is -0.207 e. The van der Waals surface area contributed by atoms with Crippen molar-refractivity contribution in [2.45, 2.75) is 11.8 Å². The maximum Gasteiger partial charge on any atom is 0.136 e.